The largest absolute Gasteiger partial charge is 0.489 e. The normalized spacial score (nSPS) is 32.3. The number of nitrogens with one attached hydrogen (secondary N) is 1. The number of benzene rings is 2. The average molecular weight is 474 g/mol. The maximum absolute atomic E-state index is 12.5. The van der Waals surface area contributed by atoms with Gasteiger partial charge >= 0.3 is 0 Å². The van der Waals surface area contributed by atoms with Gasteiger partial charge in [0.25, 0.3) is 0 Å². The van der Waals surface area contributed by atoms with E-state index in [1.54, 1.807) is 0 Å². The van der Waals surface area contributed by atoms with Crippen LogP contribution in [-0.4, -0.2) is 58.8 Å². The fourth-order valence-corrected chi connectivity index (χ4v) is 7.58. The number of halogens is 1. The summed E-state index contributed by atoms with van der Waals surface area (Å²) in [5, 5.41) is 1.38. The molecule has 35 heavy (non-hydrogen) atoms. The molecular weight excluding hydrogens is 437 g/mol. The highest BCUT2D eigenvalue weighted by atomic mass is 19.1. The monoisotopic (exact) mass is 473 g/mol. The van der Waals surface area contributed by atoms with Crippen molar-refractivity contribution in [1.82, 2.24) is 14.8 Å². The molecule has 4 fully saturated rings. The zero-order chi connectivity index (χ0) is 23.6. The molecule has 2 bridgehead atoms. The van der Waals surface area contributed by atoms with E-state index in [1.807, 2.05) is 0 Å². The van der Waals surface area contributed by atoms with Gasteiger partial charge in [0.2, 0.25) is 0 Å². The number of H-pyrrole nitrogens is 1. The van der Waals surface area contributed by atoms with E-state index in [0.29, 0.717) is 18.0 Å². The number of hydrogen-bond donors (Lipinski definition) is 1. The van der Waals surface area contributed by atoms with Gasteiger partial charge in [-0.3, -0.25) is 14.2 Å². The Hall–Kier alpha value is -2.37. The van der Waals surface area contributed by atoms with Crippen LogP contribution in [0.1, 0.15) is 61.9 Å². The van der Waals surface area contributed by atoms with E-state index in [4.69, 9.17) is 4.74 Å². The first-order valence-corrected chi connectivity index (χ1v) is 13.6. The van der Waals surface area contributed by atoms with Crippen LogP contribution < -0.4 is 4.74 Å². The topological polar surface area (TPSA) is 31.5 Å². The lowest BCUT2D eigenvalue weighted by atomic mass is 9.48. The highest BCUT2D eigenvalue weighted by Crippen LogP contribution is 2.64. The van der Waals surface area contributed by atoms with Crippen molar-refractivity contribution in [2.24, 2.45) is 5.92 Å². The smallest absolute Gasteiger partial charge is 0.119 e. The summed E-state index contributed by atoms with van der Waals surface area (Å²) in [5.74, 6) is 1.91. The molecule has 3 aromatic rings. The summed E-state index contributed by atoms with van der Waals surface area (Å²) in [6.45, 7) is 4.94. The van der Waals surface area contributed by atoms with Crippen molar-refractivity contribution in [3.63, 3.8) is 0 Å². The molecule has 184 valence electrons. The quantitative estimate of drug-likeness (QED) is 0.466. The number of para-hydroxylation sites is 1. The molecule has 0 amide bonds. The molecule has 0 radical (unpaired) electrons. The van der Waals surface area contributed by atoms with E-state index in [2.05, 4.69) is 70.2 Å². The number of alkyl halides is 1. The molecule has 2 aromatic carbocycles. The molecule has 0 unspecified atom stereocenters. The van der Waals surface area contributed by atoms with Crippen LogP contribution in [0.5, 0.6) is 5.75 Å². The Morgan fingerprint density at radius 3 is 2.63 bits per heavy atom. The molecule has 8 rings (SSSR count). The molecule has 1 saturated heterocycles. The standard InChI is InChI=1S/C30H36FN3O/c1-20-15-26-25-5-2-3-6-27(25)32-28(26)29(34(20)30-16-21(17-30)18-30)22-7-9-23(10-8-22)35-24-11-14-33(19-24)13-4-12-31/h2-3,5-10,20-21,24,29,32H,4,11-19H2,1H3/t20-,21?,24+,29-,30?/m1/s1. The van der Waals surface area contributed by atoms with E-state index in [9.17, 15) is 4.39 Å². The Balaban J connectivity index is 1.18. The van der Waals surface area contributed by atoms with Crippen LogP contribution in [0.15, 0.2) is 48.5 Å². The van der Waals surface area contributed by atoms with Crippen molar-refractivity contribution in [2.45, 2.75) is 69.2 Å². The van der Waals surface area contributed by atoms with Crippen molar-refractivity contribution in [2.75, 3.05) is 26.3 Å². The van der Waals surface area contributed by atoms with E-state index < -0.39 is 0 Å². The average Bonchev–Trinajstić information content (AvgIpc) is 3.41. The van der Waals surface area contributed by atoms with Gasteiger partial charge in [-0.15, -0.1) is 0 Å². The van der Waals surface area contributed by atoms with Crippen LogP contribution in [0.4, 0.5) is 4.39 Å². The number of ether oxygens (including phenoxy) is 1. The van der Waals surface area contributed by atoms with Crippen molar-refractivity contribution in [1.29, 1.82) is 0 Å². The van der Waals surface area contributed by atoms with Gasteiger partial charge in [0.1, 0.15) is 11.9 Å². The Kier molecular flexibility index (Phi) is 5.22. The van der Waals surface area contributed by atoms with Crippen LogP contribution in [0.25, 0.3) is 10.9 Å². The minimum Gasteiger partial charge on any atom is -0.489 e. The van der Waals surface area contributed by atoms with Crippen LogP contribution in [-0.2, 0) is 6.42 Å². The van der Waals surface area contributed by atoms with Gasteiger partial charge in [0, 0.05) is 47.8 Å². The van der Waals surface area contributed by atoms with Gasteiger partial charge in [-0.2, -0.15) is 0 Å². The molecule has 3 saturated carbocycles. The molecule has 4 nitrogen and oxygen atoms in total. The Morgan fingerprint density at radius 1 is 1.09 bits per heavy atom. The summed E-state index contributed by atoms with van der Waals surface area (Å²) in [4.78, 5) is 9.02. The molecule has 2 aliphatic heterocycles. The molecule has 3 atom stereocenters. The van der Waals surface area contributed by atoms with Crippen LogP contribution in [0.2, 0.25) is 0 Å². The predicted molar refractivity (Wildman–Crippen MR) is 138 cm³/mol. The van der Waals surface area contributed by atoms with Crippen LogP contribution >= 0.6 is 0 Å². The Labute approximate surface area is 207 Å². The summed E-state index contributed by atoms with van der Waals surface area (Å²) in [6.07, 6.45) is 7.05. The fourth-order valence-electron chi connectivity index (χ4n) is 7.58. The third-order valence-electron chi connectivity index (χ3n) is 9.26. The van der Waals surface area contributed by atoms with E-state index in [0.717, 1.165) is 44.1 Å². The van der Waals surface area contributed by atoms with E-state index >= 15 is 0 Å². The lowest BCUT2D eigenvalue weighted by molar-refractivity contribution is -0.174. The van der Waals surface area contributed by atoms with Crippen molar-refractivity contribution in [3.05, 3.63) is 65.4 Å². The highest BCUT2D eigenvalue weighted by molar-refractivity contribution is 5.85. The third-order valence-corrected chi connectivity index (χ3v) is 9.26. The van der Waals surface area contributed by atoms with Crippen LogP contribution in [0, 0.1) is 5.92 Å². The second-order valence-corrected chi connectivity index (χ2v) is 11.6. The zero-order valence-corrected chi connectivity index (χ0v) is 20.7. The second kappa shape index (κ2) is 8.35. The Morgan fingerprint density at radius 2 is 1.89 bits per heavy atom. The summed E-state index contributed by atoms with van der Waals surface area (Å²) >= 11 is 0. The first-order chi connectivity index (χ1) is 17.1. The molecule has 3 heterocycles. The first-order valence-electron chi connectivity index (χ1n) is 13.6. The lowest BCUT2D eigenvalue weighted by Gasteiger charge is -2.70. The minimum absolute atomic E-state index is 0.202. The molecule has 3 aliphatic carbocycles. The van der Waals surface area contributed by atoms with Crippen molar-refractivity contribution >= 4 is 10.9 Å². The van der Waals surface area contributed by atoms with Gasteiger partial charge in [0.05, 0.1) is 12.7 Å². The predicted octanol–water partition coefficient (Wildman–Crippen LogP) is 5.87. The van der Waals surface area contributed by atoms with Gasteiger partial charge < -0.3 is 9.72 Å². The van der Waals surface area contributed by atoms with Gasteiger partial charge in [-0.05, 0) is 80.7 Å². The van der Waals surface area contributed by atoms with Crippen LogP contribution in [0.3, 0.4) is 0 Å². The fraction of sp³-hybridized carbons (Fsp3) is 0.533. The van der Waals surface area contributed by atoms with E-state index in [1.165, 1.54) is 47.0 Å². The first kappa shape index (κ1) is 21.9. The number of fused-ring (bicyclic) bond motifs is 3. The zero-order valence-electron chi connectivity index (χ0n) is 20.7. The number of hydrogen-bond acceptors (Lipinski definition) is 3. The molecule has 1 aromatic heterocycles. The van der Waals surface area contributed by atoms with Gasteiger partial charge in [0.15, 0.2) is 0 Å². The minimum atomic E-state index is -0.236. The molecule has 0 spiro atoms. The van der Waals surface area contributed by atoms with Gasteiger partial charge in [-0.1, -0.05) is 30.3 Å². The SMILES string of the molecule is C[C@@H]1Cc2c([nH]c3ccccc23)[C@@H](c2ccc(O[C@H]3CCN(CCCF)C3)cc2)N1C12CC(C1)C2. The molecular formula is C30H36FN3O. The number of aromatic amines is 1. The number of nitrogens with zero attached hydrogens (tertiary/aromatic N) is 2. The maximum Gasteiger partial charge on any atom is 0.119 e. The highest BCUT2D eigenvalue weighted by Gasteiger charge is 2.63. The lowest BCUT2D eigenvalue weighted by Crippen LogP contribution is -2.71. The number of aromatic nitrogens is 1. The summed E-state index contributed by atoms with van der Waals surface area (Å²) < 4.78 is 18.9. The van der Waals surface area contributed by atoms with Crippen molar-refractivity contribution < 1.29 is 9.13 Å². The Bertz CT molecular complexity index is 1200. The molecule has 1 N–H and O–H groups in total. The summed E-state index contributed by atoms with van der Waals surface area (Å²) in [6, 6.07) is 18.5. The summed E-state index contributed by atoms with van der Waals surface area (Å²) in [7, 11) is 0. The number of likely N-dealkylation sites (tertiary alicyclic amines) is 1. The number of rotatable bonds is 7. The summed E-state index contributed by atoms with van der Waals surface area (Å²) in [5.41, 5.74) is 5.90. The molecule has 5 heteroatoms. The third kappa shape index (κ3) is 3.54. The maximum atomic E-state index is 12.5. The second-order valence-electron chi connectivity index (χ2n) is 11.6. The molecule has 5 aliphatic rings. The van der Waals surface area contributed by atoms with E-state index in [-0.39, 0.29) is 18.8 Å². The van der Waals surface area contributed by atoms with Crippen molar-refractivity contribution in [3.8, 4) is 5.75 Å². The van der Waals surface area contributed by atoms with Gasteiger partial charge in [-0.25, -0.2) is 0 Å².